The second-order valence-electron chi connectivity index (χ2n) is 5.60. The molecule has 0 radical (unpaired) electrons. The zero-order valence-corrected chi connectivity index (χ0v) is 14.2. The van der Waals surface area contributed by atoms with Crippen molar-refractivity contribution in [3.05, 3.63) is 72.2 Å². The number of nitriles is 1. The van der Waals surface area contributed by atoms with Crippen molar-refractivity contribution in [1.29, 1.82) is 5.26 Å². The summed E-state index contributed by atoms with van der Waals surface area (Å²) in [7, 11) is 0. The number of nitrogens with zero attached hydrogens (tertiary/aromatic N) is 2. The molecule has 0 bridgehead atoms. The number of nitrogens with one attached hydrogen (secondary N) is 1. The summed E-state index contributed by atoms with van der Waals surface area (Å²) in [6, 6.07) is 15.5. The molecule has 0 unspecified atom stereocenters. The van der Waals surface area contributed by atoms with Gasteiger partial charge < -0.3 is 14.5 Å². The van der Waals surface area contributed by atoms with Crippen LogP contribution in [0.2, 0.25) is 0 Å². The standard InChI is InChI=1S/C20H15N3O4/c21-10-9-14-1-7-17(8-2-14)23-19(24)12-26-20(25)16-5-3-15(4-6-16)18-11-22-13-27-18/h1-8,11,13H,9,12H2,(H,23,24). The predicted molar refractivity (Wildman–Crippen MR) is 96.6 cm³/mol. The van der Waals surface area contributed by atoms with E-state index in [0.717, 1.165) is 11.1 Å². The van der Waals surface area contributed by atoms with E-state index in [0.29, 0.717) is 23.4 Å². The van der Waals surface area contributed by atoms with E-state index in [1.165, 1.54) is 6.39 Å². The van der Waals surface area contributed by atoms with Gasteiger partial charge in [0.25, 0.3) is 5.91 Å². The van der Waals surface area contributed by atoms with E-state index in [1.807, 2.05) is 0 Å². The smallest absolute Gasteiger partial charge is 0.338 e. The lowest BCUT2D eigenvalue weighted by Gasteiger charge is -2.07. The normalized spacial score (nSPS) is 10.0. The van der Waals surface area contributed by atoms with Gasteiger partial charge in [-0.05, 0) is 29.8 Å². The van der Waals surface area contributed by atoms with E-state index in [2.05, 4.69) is 16.4 Å². The molecule has 1 amide bonds. The van der Waals surface area contributed by atoms with Crippen molar-refractivity contribution in [1.82, 2.24) is 4.98 Å². The lowest BCUT2D eigenvalue weighted by Crippen LogP contribution is -2.20. The number of hydrogen-bond donors (Lipinski definition) is 1. The second kappa shape index (κ2) is 8.45. The van der Waals surface area contributed by atoms with Gasteiger partial charge >= 0.3 is 5.97 Å². The SMILES string of the molecule is N#CCc1ccc(NC(=O)COC(=O)c2ccc(-c3cnco3)cc2)cc1. The fourth-order valence-corrected chi connectivity index (χ4v) is 2.34. The Morgan fingerprint density at radius 2 is 1.85 bits per heavy atom. The van der Waals surface area contributed by atoms with Crippen LogP contribution in [0.1, 0.15) is 15.9 Å². The van der Waals surface area contributed by atoms with Gasteiger partial charge in [0.15, 0.2) is 18.8 Å². The fraction of sp³-hybridized carbons (Fsp3) is 0.100. The summed E-state index contributed by atoms with van der Waals surface area (Å²) in [6.07, 6.45) is 3.21. The maximum absolute atomic E-state index is 12.0. The number of amides is 1. The average Bonchev–Trinajstić information content (AvgIpc) is 3.23. The molecular weight excluding hydrogens is 346 g/mol. The van der Waals surface area contributed by atoms with Crippen molar-refractivity contribution in [2.24, 2.45) is 0 Å². The van der Waals surface area contributed by atoms with Crippen LogP contribution in [0, 0.1) is 11.3 Å². The third kappa shape index (κ3) is 4.80. The molecule has 0 aliphatic heterocycles. The third-order valence-electron chi connectivity index (χ3n) is 3.69. The summed E-state index contributed by atoms with van der Waals surface area (Å²) in [5.74, 6) is -0.455. The molecule has 1 heterocycles. The van der Waals surface area contributed by atoms with Gasteiger partial charge in [0.1, 0.15) is 0 Å². The maximum Gasteiger partial charge on any atom is 0.338 e. The quantitative estimate of drug-likeness (QED) is 0.676. The van der Waals surface area contributed by atoms with E-state index in [-0.39, 0.29) is 0 Å². The van der Waals surface area contributed by atoms with Crippen molar-refractivity contribution in [3.63, 3.8) is 0 Å². The van der Waals surface area contributed by atoms with Crippen molar-refractivity contribution in [2.45, 2.75) is 6.42 Å². The molecule has 1 aromatic heterocycles. The number of carbonyl (C=O) groups excluding carboxylic acids is 2. The van der Waals surface area contributed by atoms with Crippen LogP contribution in [0.15, 0.2) is 65.5 Å². The number of esters is 1. The molecule has 3 aromatic rings. The minimum atomic E-state index is -0.598. The molecule has 27 heavy (non-hydrogen) atoms. The zero-order valence-electron chi connectivity index (χ0n) is 14.2. The zero-order chi connectivity index (χ0) is 19.1. The minimum absolute atomic E-state index is 0.307. The summed E-state index contributed by atoms with van der Waals surface area (Å²) in [6.45, 7) is -0.400. The first-order valence-electron chi connectivity index (χ1n) is 8.07. The van der Waals surface area contributed by atoms with E-state index in [9.17, 15) is 9.59 Å². The first-order valence-corrected chi connectivity index (χ1v) is 8.07. The van der Waals surface area contributed by atoms with Crippen LogP contribution in [0.3, 0.4) is 0 Å². The van der Waals surface area contributed by atoms with Gasteiger partial charge in [-0.1, -0.05) is 24.3 Å². The van der Waals surface area contributed by atoms with Gasteiger partial charge in [-0.15, -0.1) is 0 Å². The highest BCUT2D eigenvalue weighted by molar-refractivity contribution is 5.95. The number of rotatable bonds is 6. The summed E-state index contributed by atoms with van der Waals surface area (Å²) in [4.78, 5) is 27.8. The third-order valence-corrected chi connectivity index (χ3v) is 3.69. The van der Waals surface area contributed by atoms with Gasteiger partial charge in [0.05, 0.1) is 24.3 Å². The Bertz CT molecular complexity index is 956. The Balaban J connectivity index is 1.51. The van der Waals surface area contributed by atoms with Crippen LogP contribution in [0.4, 0.5) is 5.69 Å². The molecule has 0 saturated carbocycles. The van der Waals surface area contributed by atoms with Crippen LogP contribution in [0.5, 0.6) is 0 Å². The van der Waals surface area contributed by atoms with Gasteiger partial charge in [0, 0.05) is 11.3 Å². The highest BCUT2D eigenvalue weighted by Gasteiger charge is 2.11. The summed E-state index contributed by atoms with van der Waals surface area (Å²) < 4.78 is 10.2. The summed E-state index contributed by atoms with van der Waals surface area (Å²) >= 11 is 0. The van der Waals surface area contributed by atoms with Crippen LogP contribution in [-0.2, 0) is 16.0 Å². The molecule has 0 aliphatic rings. The Kier molecular flexibility index (Phi) is 5.60. The van der Waals surface area contributed by atoms with E-state index in [4.69, 9.17) is 14.4 Å². The number of ether oxygens (including phenoxy) is 1. The molecule has 0 saturated heterocycles. The van der Waals surface area contributed by atoms with Crippen LogP contribution in [0.25, 0.3) is 11.3 Å². The van der Waals surface area contributed by atoms with Crippen molar-refractivity contribution >= 4 is 17.6 Å². The predicted octanol–water partition coefficient (Wildman–Crippen LogP) is 3.20. The molecular formula is C20H15N3O4. The first kappa shape index (κ1) is 17.9. The lowest BCUT2D eigenvalue weighted by atomic mass is 10.1. The Hall–Kier alpha value is -3.92. The van der Waals surface area contributed by atoms with Gasteiger partial charge in [0.2, 0.25) is 0 Å². The number of hydrogen-bond acceptors (Lipinski definition) is 6. The second-order valence-corrected chi connectivity index (χ2v) is 5.60. The molecule has 0 spiro atoms. The van der Waals surface area contributed by atoms with Gasteiger partial charge in [-0.3, -0.25) is 4.79 Å². The molecule has 0 aliphatic carbocycles. The molecule has 7 heteroatoms. The van der Waals surface area contributed by atoms with Crippen molar-refractivity contribution < 1.29 is 18.7 Å². The molecule has 0 fully saturated rings. The number of oxazole rings is 1. The van der Waals surface area contributed by atoms with E-state index < -0.39 is 18.5 Å². The molecule has 2 aromatic carbocycles. The molecule has 134 valence electrons. The van der Waals surface area contributed by atoms with Crippen molar-refractivity contribution in [2.75, 3.05) is 11.9 Å². The fourth-order valence-electron chi connectivity index (χ4n) is 2.34. The topological polar surface area (TPSA) is 105 Å². The highest BCUT2D eigenvalue weighted by Crippen LogP contribution is 2.19. The van der Waals surface area contributed by atoms with Crippen LogP contribution >= 0.6 is 0 Å². The van der Waals surface area contributed by atoms with Gasteiger partial charge in [-0.25, -0.2) is 9.78 Å². The first-order chi connectivity index (χ1) is 13.2. The van der Waals surface area contributed by atoms with E-state index >= 15 is 0 Å². The largest absolute Gasteiger partial charge is 0.452 e. The number of carbonyl (C=O) groups is 2. The van der Waals surface area contributed by atoms with E-state index in [1.54, 1.807) is 54.7 Å². The highest BCUT2D eigenvalue weighted by atomic mass is 16.5. The number of aromatic nitrogens is 1. The monoisotopic (exact) mass is 361 g/mol. The summed E-state index contributed by atoms with van der Waals surface area (Å²) in [5, 5.41) is 11.3. The number of benzene rings is 2. The Morgan fingerprint density at radius 3 is 2.48 bits per heavy atom. The maximum atomic E-state index is 12.0. The van der Waals surface area contributed by atoms with Crippen molar-refractivity contribution in [3.8, 4) is 17.4 Å². The molecule has 1 N–H and O–H groups in total. The average molecular weight is 361 g/mol. The molecule has 7 nitrogen and oxygen atoms in total. The summed E-state index contributed by atoms with van der Waals surface area (Å²) in [5.41, 5.74) is 2.53. The Labute approximate surface area is 155 Å². The van der Waals surface area contributed by atoms with Crippen LogP contribution < -0.4 is 5.32 Å². The number of anilines is 1. The lowest BCUT2D eigenvalue weighted by molar-refractivity contribution is -0.119. The molecule has 3 rings (SSSR count). The van der Waals surface area contributed by atoms with Gasteiger partial charge in [-0.2, -0.15) is 5.26 Å². The Morgan fingerprint density at radius 1 is 1.11 bits per heavy atom. The minimum Gasteiger partial charge on any atom is -0.452 e. The molecule has 0 atom stereocenters. The van der Waals surface area contributed by atoms with Crippen LogP contribution in [-0.4, -0.2) is 23.5 Å².